The maximum absolute atomic E-state index is 14.3. The van der Waals surface area contributed by atoms with Gasteiger partial charge in [0.2, 0.25) is 0 Å². The molecule has 0 saturated carbocycles. The number of carbonyl (C=O) groups is 1. The molecule has 0 aliphatic carbocycles. The van der Waals surface area contributed by atoms with E-state index in [0.717, 1.165) is 17.0 Å². The van der Waals surface area contributed by atoms with Gasteiger partial charge in [0.15, 0.2) is 12.0 Å². The predicted molar refractivity (Wildman–Crippen MR) is 72.5 cm³/mol. The molecule has 1 atom stereocenters. The van der Waals surface area contributed by atoms with Gasteiger partial charge in [0.05, 0.1) is 11.3 Å². The van der Waals surface area contributed by atoms with Gasteiger partial charge in [0.1, 0.15) is 5.82 Å². The molecule has 3 rings (SSSR count). The summed E-state index contributed by atoms with van der Waals surface area (Å²) >= 11 is 0. The fourth-order valence-corrected chi connectivity index (χ4v) is 2.40. The van der Waals surface area contributed by atoms with Crippen LogP contribution in [0.4, 0.5) is 14.5 Å². The van der Waals surface area contributed by atoms with Gasteiger partial charge in [0.25, 0.3) is 5.91 Å². The third kappa shape index (κ3) is 1.81. The summed E-state index contributed by atoms with van der Waals surface area (Å²) in [4.78, 5) is 13.2. The Morgan fingerprint density at radius 1 is 1.19 bits per heavy atom. The third-order valence-corrected chi connectivity index (χ3v) is 3.41. The maximum atomic E-state index is 14.3. The predicted octanol–water partition coefficient (Wildman–Crippen LogP) is 2.60. The molecule has 1 amide bonds. The van der Waals surface area contributed by atoms with E-state index in [0.29, 0.717) is 5.56 Å². The second-order valence-corrected chi connectivity index (χ2v) is 4.54. The minimum absolute atomic E-state index is 0.252. The Balaban J connectivity index is 2.16. The number of amides is 1. The summed E-state index contributed by atoms with van der Waals surface area (Å²) in [6.07, 6.45) is 3.74. The Morgan fingerprint density at radius 3 is 2.57 bits per heavy atom. The Kier molecular flexibility index (Phi) is 2.96. The van der Waals surface area contributed by atoms with E-state index in [-0.39, 0.29) is 11.3 Å². The first kappa shape index (κ1) is 13.3. The lowest BCUT2D eigenvalue weighted by Gasteiger charge is -2.22. The molecule has 0 saturated heterocycles. The molecule has 5 heteroatoms. The summed E-state index contributed by atoms with van der Waals surface area (Å²) in [7, 11) is 0. The maximum Gasteiger partial charge on any atom is 0.261 e. The van der Waals surface area contributed by atoms with E-state index in [9.17, 15) is 18.7 Å². The highest BCUT2D eigenvalue weighted by atomic mass is 19.1. The number of hydrogen-bond donors (Lipinski definition) is 1. The number of halogens is 2. The van der Waals surface area contributed by atoms with Crippen molar-refractivity contribution >= 4 is 11.6 Å². The van der Waals surface area contributed by atoms with Crippen LogP contribution in [-0.4, -0.2) is 11.0 Å². The van der Waals surface area contributed by atoms with Gasteiger partial charge in [0, 0.05) is 11.1 Å². The molecule has 104 valence electrons. The zero-order chi connectivity index (χ0) is 15.1. The van der Waals surface area contributed by atoms with Crippen LogP contribution in [0.1, 0.15) is 27.7 Å². The van der Waals surface area contributed by atoms with E-state index < -0.39 is 29.3 Å². The van der Waals surface area contributed by atoms with Gasteiger partial charge < -0.3 is 5.11 Å². The van der Waals surface area contributed by atoms with E-state index in [1.165, 1.54) is 6.07 Å². The lowest BCUT2D eigenvalue weighted by Crippen LogP contribution is -2.28. The topological polar surface area (TPSA) is 40.5 Å². The fraction of sp³-hybridized carbons (Fsp3) is 0.0625. The minimum Gasteiger partial charge on any atom is -0.369 e. The summed E-state index contributed by atoms with van der Waals surface area (Å²) in [5.74, 6) is -0.590. The van der Waals surface area contributed by atoms with Gasteiger partial charge in [-0.2, -0.15) is 0 Å². The van der Waals surface area contributed by atoms with E-state index in [1.54, 1.807) is 18.2 Å². The molecule has 0 bridgehead atoms. The molecule has 1 aliphatic heterocycles. The van der Waals surface area contributed by atoms with Crippen LogP contribution in [0.5, 0.6) is 0 Å². The number of benzene rings is 2. The van der Waals surface area contributed by atoms with Crippen molar-refractivity contribution in [1.29, 1.82) is 0 Å². The monoisotopic (exact) mass is 285 g/mol. The first-order valence-electron chi connectivity index (χ1n) is 6.11. The molecular weight excluding hydrogens is 276 g/mol. The van der Waals surface area contributed by atoms with Crippen molar-refractivity contribution in [2.75, 3.05) is 4.90 Å². The number of carbonyl (C=O) groups excluding carboxylic acids is 1. The minimum atomic E-state index is -1.33. The Labute approximate surface area is 119 Å². The molecule has 2 aromatic carbocycles. The summed E-state index contributed by atoms with van der Waals surface area (Å²) in [5, 5.41) is 10.2. The van der Waals surface area contributed by atoms with Crippen LogP contribution in [0.15, 0.2) is 36.4 Å². The van der Waals surface area contributed by atoms with Crippen LogP contribution in [0.3, 0.4) is 0 Å². The molecule has 0 radical (unpaired) electrons. The van der Waals surface area contributed by atoms with Crippen molar-refractivity contribution in [3.05, 3.63) is 64.7 Å². The lowest BCUT2D eigenvalue weighted by molar-refractivity contribution is 0.0933. The number of aliphatic hydroxyl groups is 1. The van der Waals surface area contributed by atoms with Gasteiger partial charge in [-0.3, -0.25) is 9.69 Å². The molecule has 2 aromatic rings. The average molecular weight is 285 g/mol. The number of hydrogen-bond acceptors (Lipinski definition) is 2. The van der Waals surface area contributed by atoms with Gasteiger partial charge in [-0.15, -0.1) is 6.42 Å². The second-order valence-electron chi connectivity index (χ2n) is 4.54. The zero-order valence-corrected chi connectivity index (χ0v) is 10.7. The van der Waals surface area contributed by atoms with Crippen LogP contribution in [0.2, 0.25) is 0 Å². The fourth-order valence-electron chi connectivity index (χ4n) is 2.40. The number of fused-ring (bicyclic) bond motifs is 1. The summed E-state index contributed by atoms with van der Waals surface area (Å²) in [5.41, 5.74) is -0.175. The molecule has 1 heterocycles. The van der Waals surface area contributed by atoms with Gasteiger partial charge in [-0.25, -0.2) is 8.78 Å². The van der Waals surface area contributed by atoms with Crippen molar-refractivity contribution < 1.29 is 18.7 Å². The zero-order valence-electron chi connectivity index (χ0n) is 10.7. The van der Waals surface area contributed by atoms with Gasteiger partial charge in [-0.1, -0.05) is 24.1 Å². The average Bonchev–Trinajstić information content (AvgIpc) is 2.73. The SMILES string of the molecule is C#Cc1c(F)ccc(N2C(=O)c3ccccc3C2O)c1F. The summed E-state index contributed by atoms with van der Waals surface area (Å²) < 4.78 is 27.7. The molecule has 21 heavy (non-hydrogen) atoms. The molecular formula is C16H9F2NO2. The molecule has 1 aliphatic rings. The highest BCUT2D eigenvalue weighted by Gasteiger charge is 2.38. The Hall–Kier alpha value is -2.71. The standard InChI is InChI=1S/C16H9F2NO2/c1-2-9-12(17)7-8-13(14(9)18)19-15(20)10-5-3-4-6-11(10)16(19)21/h1,3-8,15,20H. The van der Waals surface area contributed by atoms with Crippen LogP contribution in [0, 0.1) is 24.0 Å². The summed E-state index contributed by atoms with van der Waals surface area (Å²) in [6.45, 7) is 0. The van der Waals surface area contributed by atoms with E-state index >= 15 is 0 Å². The van der Waals surface area contributed by atoms with Crippen molar-refractivity contribution in [2.24, 2.45) is 0 Å². The van der Waals surface area contributed by atoms with Crippen molar-refractivity contribution in [3.8, 4) is 12.3 Å². The lowest BCUT2D eigenvalue weighted by atomic mass is 10.1. The van der Waals surface area contributed by atoms with E-state index in [2.05, 4.69) is 0 Å². The summed E-state index contributed by atoms with van der Waals surface area (Å²) in [6, 6.07) is 8.45. The highest BCUT2D eigenvalue weighted by Crippen LogP contribution is 2.37. The number of rotatable bonds is 1. The normalized spacial score (nSPS) is 16.8. The largest absolute Gasteiger partial charge is 0.369 e. The quantitative estimate of drug-likeness (QED) is 0.818. The van der Waals surface area contributed by atoms with Crippen LogP contribution >= 0.6 is 0 Å². The first-order chi connectivity index (χ1) is 10.1. The molecule has 0 fully saturated rings. The van der Waals surface area contributed by atoms with E-state index in [4.69, 9.17) is 6.42 Å². The van der Waals surface area contributed by atoms with Gasteiger partial charge in [-0.05, 0) is 18.2 Å². The van der Waals surface area contributed by atoms with Crippen LogP contribution in [0.25, 0.3) is 0 Å². The molecule has 1 unspecified atom stereocenters. The highest BCUT2D eigenvalue weighted by molar-refractivity contribution is 6.10. The Bertz CT molecular complexity index is 795. The Morgan fingerprint density at radius 2 is 1.90 bits per heavy atom. The van der Waals surface area contributed by atoms with E-state index in [1.807, 2.05) is 5.92 Å². The van der Waals surface area contributed by atoms with Crippen molar-refractivity contribution in [2.45, 2.75) is 6.23 Å². The van der Waals surface area contributed by atoms with Crippen molar-refractivity contribution in [1.82, 2.24) is 0 Å². The van der Waals surface area contributed by atoms with Crippen LogP contribution in [-0.2, 0) is 0 Å². The second kappa shape index (κ2) is 4.69. The molecule has 3 nitrogen and oxygen atoms in total. The smallest absolute Gasteiger partial charge is 0.261 e. The molecule has 0 aromatic heterocycles. The number of anilines is 1. The van der Waals surface area contributed by atoms with Gasteiger partial charge >= 0.3 is 0 Å². The first-order valence-corrected chi connectivity index (χ1v) is 6.11. The molecule has 1 N–H and O–H groups in total. The third-order valence-electron chi connectivity index (χ3n) is 3.41. The van der Waals surface area contributed by atoms with Crippen LogP contribution < -0.4 is 4.90 Å². The molecule has 0 spiro atoms. The number of nitrogens with zero attached hydrogens (tertiary/aromatic N) is 1. The number of terminal acetylenes is 1. The van der Waals surface area contributed by atoms with Crippen molar-refractivity contribution in [3.63, 3.8) is 0 Å². The number of aliphatic hydroxyl groups excluding tert-OH is 1.